The summed E-state index contributed by atoms with van der Waals surface area (Å²) in [5.41, 5.74) is 4.84. The van der Waals surface area contributed by atoms with E-state index in [1.165, 1.54) is 70.6 Å². The molecule has 0 aliphatic carbocycles. The highest BCUT2D eigenvalue weighted by atomic mass is 16.2. The average molecular weight is 313 g/mol. The van der Waals surface area contributed by atoms with Crippen LogP contribution in [0.25, 0.3) is 0 Å². The average Bonchev–Trinajstić information content (AvgIpc) is 2.47. The number of rotatable bonds is 15. The number of hydrogen-bond acceptors (Lipinski definition) is 3. The monoisotopic (exact) mass is 313 g/mol. The first kappa shape index (κ1) is 20.9. The van der Waals surface area contributed by atoms with E-state index >= 15 is 0 Å². The van der Waals surface area contributed by atoms with Crippen molar-refractivity contribution in [2.45, 2.75) is 84.0 Å². The summed E-state index contributed by atoms with van der Waals surface area (Å²) in [5.74, 6) is -0.369. The topological polar surface area (TPSA) is 84.2 Å². The minimum absolute atomic E-state index is 0.154. The normalized spacial score (nSPS) is 10.6. The summed E-state index contributed by atoms with van der Waals surface area (Å²) in [4.78, 5) is 21.5. The maximum Gasteiger partial charge on any atom is 0.318 e. The van der Waals surface area contributed by atoms with Crippen molar-refractivity contribution < 1.29 is 9.59 Å². The second-order valence-corrected chi connectivity index (χ2v) is 5.98. The molecule has 5 nitrogen and oxygen atoms in total. The molecule has 3 amide bonds. The van der Waals surface area contributed by atoms with Gasteiger partial charge >= 0.3 is 6.03 Å². The molecule has 22 heavy (non-hydrogen) atoms. The summed E-state index contributed by atoms with van der Waals surface area (Å²) < 4.78 is 0. The Morgan fingerprint density at radius 3 is 1.68 bits per heavy atom. The first-order valence-corrected chi connectivity index (χ1v) is 8.96. The SMILES string of the molecule is CCCCCCCCCCCCCCNCC(=O)NC(N)=O. The van der Waals surface area contributed by atoms with E-state index in [9.17, 15) is 9.59 Å². The third kappa shape index (κ3) is 17.0. The van der Waals surface area contributed by atoms with Crippen molar-refractivity contribution in [1.29, 1.82) is 0 Å². The minimum atomic E-state index is -0.794. The van der Waals surface area contributed by atoms with E-state index in [0.717, 1.165) is 13.0 Å². The van der Waals surface area contributed by atoms with E-state index in [1.807, 2.05) is 5.32 Å². The van der Waals surface area contributed by atoms with Gasteiger partial charge in [0.15, 0.2) is 0 Å². The Morgan fingerprint density at radius 2 is 1.23 bits per heavy atom. The standard InChI is InChI=1S/C17H35N3O2/c1-2-3-4-5-6-7-8-9-10-11-12-13-14-19-15-16(21)20-17(18)22/h19H,2-15H2,1H3,(H3,18,20,21,22). The molecule has 0 aliphatic heterocycles. The molecule has 5 heteroatoms. The molecule has 0 saturated heterocycles. The molecule has 0 aliphatic rings. The molecular formula is C17H35N3O2. The van der Waals surface area contributed by atoms with Crippen LogP contribution in [0, 0.1) is 0 Å². The molecule has 0 fully saturated rings. The summed E-state index contributed by atoms with van der Waals surface area (Å²) in [6, 6.07) is -0.794. The number of carbonyl (C=O) groups is 2. The van der Waals surface area contributed by atoms with Crippen LogP contribution in [-0.2, 0) is 4.79 Å². The maximum absolute atomic E-state index is 11.1. The van der Waals surface area contributed by atoms with Gasteiger partial charge in [0, 0.05) is 0 Å². The van der Waals surface area contributed by atoms with Crippen LogP contribution < -0.4 is 16.4 Å². The summed E-state index contributed by atoms with van der Waals surface area (Å²) in [6.45, 7) is 3.22. The Labute approximate surface area is 135 Å². The Morgan fingerprint density at radius 1 is 0.773 bits per heavy atom. The van der Waals surface area contributed by atoms with Crippen molar-refractivity contribution in [2.75, 3.05) is 13.1 Å². The van der Waals surface area contributed by atoms with E-state index in [0.29, 0.717) is 0 Å². The number of unbranched alkanes of at least 4 members (excludes halogenated alkanes) is 11. The molecule has 0 aromatic carbocycles. The lowest BCUT2D eigenvalue weighted by molar-refractivity contribution is -0.119. The summed E-state index contributed by atoms with van der Waals surface area (Å²) in [5, 5.41) is 5.03. The van der Waals surface area contributed by atoms with Crippen molar-refractivity contribution in [3.8, 4) is 0 Å². The molecule has 0 atom stereocenters. The van der Waals surface area contributed by atoms with Crippen LogP contribution in [0.3, 0.4) is 0 Å². The van der Waals surface area contributed by atoms with Gasteiger partial charge in [-0.15, -0.1) is 0 Å². The molecule has 0 aromatic rings. The van der Waals surface area contributed by atoms with Gasteiger partial charge in [-0.05, 0) is 13.0 Å². The quantitative estimate of drug-likeness (QED) is 0.405. The van der Waals surface area contributed by atoms with E-state index in [2.05, 4.69) is 12.2 Å². The van der Waals surface area contributed by atoms with Crippen LogP contribution in [0.5, 0.6) is 0 Å². The first-order chi connectivity index (χ1) is 10.7. The van der Waals surface area contributed by atoms with Crippen LogP contribution in [0.4, 0.5) is 4.79 Å². The third-order valence-electron chi connectivity index (χ3n) is 3.76. The number of amides is 3. The van der Waals surface area contributed by atoms with Crippen molar-refractivity contribution in [3.63, 3.8) is 0 Å². The van der Waals surface area contributed by atoms with Gasteiger partial charge < -0.3 is 11.1 Å². The fourth-order valence-electron chi connectivity index (χ4n) is 2.47. The molecule has 0 rings (SSSR count). The van der Waals surface area contributed by atoms with Gasteiger partial charge in [-0.1, -0.05) is 77.6 Å². The van der Waals surface area contributed by atoms with E-state index in [1.54, 1.807) is 0 Å². The maximum atomic E-state index is 11.1. The second-order valence-electron chi connectivity index (χ2n) is 5.98. The summed E-state index contributed by atoms with van der Waals surface area (Å²) >= 11 is 0. The van der Waals surface area contributed by atoms with Crippen LogP contribution >= 0.6 is 0 Å². The number of nitrogens with one attached hydrogen (secondary N) is 2. The largest absolute Gasteiger partial charge is 0.351 e. The molecule has 0 aromatic heterocycles. The smallest absolute Gasteiger partial charge is 0.318 e. The predicted molar refractivity (Wildman–Crippen MR) is 91.7 cm³/mol. The van der Waals surface area contributed by atoms with Gasteiger partial charge in [-0.2, -0.15) is 0 Å². The van der Waals surface area contributed by atoms with Crippen LogP contribution in [0.1, 0.15) is 84.0 Å². The van der Waals surface area contributed by atoms with Gasteiger partial charge in [0.25, 0.3) is 0 Å². The molecule has 0 spiro atoms. The van der Waals surface area contributed by atoms with Crippen molar-refractivity contribution in [3.05, 3.63) is 0 Å². The van der Waals surface area contributed by atoms with Gasteiger partial charge in [0.05, 0.1) is 6.54 Å². The molecular weight excluding hydrogens is 278 g/mol. The fourth-order valence-corrected chi connectivity index (χ4v) is 2.47. The van der Waals surface area contributed by atoms with Crippen LogP contribution in [0.2, 0.25) is 0 Å². The Hall–Kier alpha value is -1.10. The highest BCUT2D eigenvalue weighted by Crippen LogP contribution is 2.11. The zero-order chi connectivity index (χ0) is 16.5. The van der Waals surface area contributed by atoms with Crippen molar-refractivity contribution >= 4 is 11.9 Å². The Kier molecular flexibility index (Phi) is 15.5. The third-order valence-corrected chi connectivity index (χ3v) is 3.76. The van der Waals surface area contributed by atoms with Gasteiger partial charge in [0.1, 0.15) is 0 Å². The van der Waals surface area contributed by atoms with Crippen LogP contribution in [0.15, 0.2) is 0 Å². The molecule has 0 unspecified atom stereocenters. The predicted octanol–water partition coefficient (Wildman–Crippen LogP) is 3.47. The van der Waals surface area contributed by atoms with E-state index in [4.69, 9.17) is 5.73 Å². The summed E-state index contributed by atoms with van der Waals surface area (Å²) in [7, 11) is 0. The van der Waals surface area contributed by atoms with Gasteiger partial charge in [-0.3, -0.25) is 10.1 Å². The number of hydrogen-bond donors (Lipinski definition) is 3. The highest BCUT2D eigenvalue weighted by Gasteiger charge is 2.02. The van der Waals surface area contributed by atoms with Gasteiger partial charge in [0.2, 0.25) is 5.91 Å². The molecule has 0 saturated carbocycles. The number of nitrogens with two attached hydrogens (primary N) is 1. The zero-order valence-electron chi connectivity index (χ0n) is 14.3. The van der Waals surface area contributed by atoms with Gasteiger partial charge in [-0.25, -0.2) is 4.79 Å². The fraction of sp³-hybridized carbons (Fsp3) is 0.882. The zero-order valence-corrected chi connectivity index (χ0v) is 14.3. The Balaban J connectivity index is 3.08. The van der Waals surface area contributed by atoms with E-state index < -0.39 is 6.03 Å². The Bertz CT molecular complexity index is 283. The lowest BCUT2D eigenvalue weighted by Crippen LogP contribution is -2.40. The lowest BCUT2D eigenvalue weighted by atomic mass is 10.1. The second kappa shape index (κ2) is 16.3. The lowest BCUT2D eigenvalue weighted by Gasteiger charge is -2.05. The molecule has 130 valence electrons. The number of imide groups is 1. The highest BCUT2D eigenvalue weighted by molar-refractivity contribution is 5.94. The van der Waals surface area contributed by atoms with Crippen molar-refractivity contribution in [2.24, 2.45) is 5.73 Å². The number of primary amides is 1. The summed E-state index contributed by atoms with van der Waals surface area (Å²) in [6.07, 6.45) is 15.9. The minimum Gasteiger partial charge on any atom is -0.351 e. The van der Waals surface area contributed by atoms with Crippen LogP contribution in [-0.4, -0.2) is 25.0 Å². The first-order valence-electron chi connectivity index (χ1n) is 8.96. The molecule has 0 radical (unpaired) electrons. The number of carbonyl (C=O) groups excluding carboxylic acids is 2. The van der Waals surface area contributed by atoms with Crippen molar-refractivity contribution in [1.82, 2.24) is 10.6 Å². The molecule has 0 heterocycles. The molecule has 0 bridgehead atoms. The number of urea groups is 1. The molecule has 4 N–H and O–H groups in total. The van der Waals surface area contributed by atoms with E-state index in [-0.39, 0.29) is 12.5 Å².